The van der Waals surface area contributed by atoms with Crippen molar-refractivity contribution in [1.82, 2.24) is 10.1 Å². The zero-order chi connectivity index (χ0) is 30.3. The van der Waals surface area contributed by atoms with E-state index >= 15 is 0 Å². The van der Waals surface area contributed by atoms with Gasteiger partial charge in [-0.2, -0.15) is 0 Å². The summed E-state index contributed by atoms with van der Waals surface area (Å²) in [5.41, 5.74) is 0.662. The Bertz CT molecular complexity index is 1510. The first kappa shape index (κ1) is 29.0. The molecule has 2 bridgehead atoms. The summed E-state index contributed by atoms with van der Waals surface area (Å²) in [7, 11) is 1.18. The smallest absolute Gasteiger partial charge is 0.465 e. The minimum absolute atomic E-state index is 0.0685. The molecule has 13 heteroatoms. The molecule has 0 spiro atoms. The molecule has 9 nitrogen and oxygen atoms in total. The Labute approximate surface area is 244 Å². The van der Waals surface area contributed by atoms with Crippen molar-refractivity contribution in [3.63, 3.8) is 0 Å². The number of hydrogen-bond acceptors (Lipinski definition) is 7. The van der Waals surface area contributed by atoms with E-state index in [9.17, 15) is 27.2 Å². The van der Waals surface area contributed by atoms with E-state index in [0.29, 0.717) is 24.2 Å². The number of aromatic nitrogens is 1. The monoisotopic (exact) mass is 603 g/mol. The second kappa shape index (κ2) is 11.5. The molecule has 1 N–H and O–H groups in total. The topological polar surface area (TPSA) is 103 Å². The number of esters is 1. The third kappa shape index (κ3) is 6.03. The first-order chi connectivity index (χ1) is 20.6. The van der Waals surface area contributed by atoms with Crippen molar-refractivity contribution in [1.29, 1.82) is 0 Å². The fourth-order valence-electron chi connectivity index (χ4n) is 6.11. The lowest BCUT2D eigenvalue weighted by Gasteiger charge is -2.38. The number of amides is 2. The van der Waals surface area contributed by atoms with Crippen molar-refractivity contribution in [3.8, 4) is 17.0 Å². The van der Waals surface area contributed by atoms with Gasteiger partial charge in [0, 0.05) is 29.1 Å². The zero-order valence-corrected chi connectivity index (χ0v) is 23.2. The molecule has 3 heterocycles. The number of ether oxygens (including phenoxy) is 3. The molecule has 2 unspecified atom stereocenters. The van der Waals surface area contributed by atoms with Crippen molar-refractivity contribution >= 4 is 17.7 Å². The van der Waals surface area contributed by atoms with Crippen LogP contribution in [-0.2, 0) is 16.1 Å². The van der Waals surface area contributed by atoms with E-state index in [2.05, 4.69) is 15.2 Å². The van der Waals surface area contributed by atoms with Crippen LogP contribution >= 0.6 is 0 Å². The van der Waals surface area contributed by atoms with Crippen molar-refractivity contribution in [3.05, 3.63) is 65.2 Å². The maximum atomic E-state index is 14.6. The lowest BCUT2D eigenvalue weighted by atomic mass is 9.99. The Morgan fingerprint density at radius 2 is 1.77 bits per heavy atom. The van der Waals surface area contributed by atoms with E-state index in [1.807, 2.05) is 0 Å². The van der Waals surface area contributed by atoms with Crippen LogP contribution in [0.25, 0.3) is 11.3 Å². The van der Waals surface area contributed by atoms with Gasteiger partial charge in [-0.05, 0) is 62.8 Å². The van der Waals surface area contributed by atoms with Crippen LogP contribution in [0.3, 0.4) is 0 Å². The molecule has 2 saturated heterocycles. The van der Waals surface area contributed by atoms with E-state index in [-0.39, 0.29) is 59.0 Å². The highest BCUT2D eigenvalue weighted by Crippen LogP contribution is 2.46. The molecule has 2 aromatic carbocycles. The Kier molecular flexibility index (Phi) is 7.75. The molecule has 3 aromatic rings. The molecule has 1 saturated carbocycles. The Hall–Kier alpha value is -4.13. The summed E-state index contributed by atoms with van der Waals surface area (Å²) in [5.74, 6) is -1.17. The van der Waals surface area contributed by atoms with E-state index in [0.717, 1.165) is 31.7 Å². The van der Waals surface area contributed by atoms with Gasteiger partial charge >= 0.3 is 18.4 Å². The summed E-state index contributed by atoms with van der Waals surface area (Å²) in [6, 6.07) is 8.80. The number of benzene rings is 2. The Balaban J connectivity index is 1.16. The molecular formula is C30H29F4N3O6. The number of carbonyl (C=O) groups is 2. The predicted octanol–water partition coefficient (Wildman–Crippen LogP) is 6.79. The summed E-state index contributed by atoms with van der Waals surface area (Å²) in [6.45, 7) is 0.0685. The predicted molar refractivity (Wildman–Crippen MR) is 144 cm³/mol. The molecule has 2 amide bonds. The highest BCUT2D eigenvalue weighted by Gasteiger charge is 2.44. The second-order valence-corrected chi connectivity index (χ2v) is 11.0. The van der Waals surface area contributed by atoms with E-state index < -0.39 is 24.2 Å². The molecule has 0 radical (unpaired) electrons. The number of nitrogens with one attached hydrogen (secondary N) is 1. The van der Waals surface area contributed by atoms with Crippen LogP contribution in [0, 0.1) is 5.82 Å². The van der Waals surface area contributed by atoms with Crippen LogP contribution in [0.2, 0.25) is 0 Å². The van der Waals surface area contributed by atoms with Crippen LogP contribution < -0.4 is 10.1 Å². The highest BCUT2D eigenvalue weighted by atomic mass is 19.4. The molecular weight excluding hydrogens is 574 g/mol. The Morgan fingerprint density at radius 1 is 1.05 bits per heavy atom. The molecule has 1 aromatic heterocycles. The maximum Gasteiger partial charge on any atom is 0.573 e. The van der Waals surface area contributed by atoms with Crippen molar-refractivity contribution in [2.24, 2.45) is 0 Å². The van der Waals surface area contributed by atoms with E-state index in [1.165, 1.54) is 37.4 Å². The summed E-state index contributed by atoms with van der Waals surface area (Å²) >= 11 is 0. The van der Waals surface area contributed by atoms with Gasteiger partial charge in [0.1, 0.15) is 23.0 Å². The van der Waals surface area contributed by atoms with Gasteiger partial charge in [-0.1, -0.05) is 23.4 Å². The van der Waals surface area contributed by atoms with Gasteiger partial charge in [0.15, 0.2) is 0 Å². The van der Waals surface area contributed by atoms with Crippen LogP contribution in [0.15, 0.2) is 47.0 Å². The minimum Gasteiger partial charge on any atom is -0.465 e. The molecule has 3 fully saturated rings. The lowest BCUT2D eigenvalue weighted by molar-refractivity contribution is -0.274. The Morgan fingerprint density at radius 3 is 2.44 bits per heavy atom. The summed E-state index contributed by atoms with van der Waals surface area (Å²) in [6.07, 6.45) is -0.851. The van der Waals surface area contributed by atoms with Crippen molar-refractivity contribution in [2.45, 2.75) is 75.6 Å². The maximum absolute atomic E-state index is 14.6. The third-order valence-corrected chi connectivity index (χ3v) is 8.17. The summed E-state index contributed by atoms with van der Waals surface area (Å²) < 4.78 is 74.8. The zero-order valence-electron chi connectivity index (χ0n) is 23.2. The number of anilines is 1. The standard InChI is InChI=1S/C30H29F4N3O6/c1-40-28(38)21-6-4-7-23(31)26(21)35-29(39)37-17-11-12-18(37)14-19(13-17)41-15-22-25(36-43-27(22)16-9-10-16)20-5-2-3-8-24(20)42-30(32,33)34/h2-8,16-19H,9-15H2,1H3,(H,35,39). The fraction of sp³-hybridized carbons (Fsp3) is 0.433. The normalized spacial score (nSPS) is 21.5. The number of methoxy groups -OCH3 is 1. The number of rotatable bonds is 8. The van der Waals surface area contributed by atoms with Gasteiger partial charge in [0.25, 0.3) is 0 Å². The number of alkyl halides is 3. The number of urea groups is 1. The van der Waals surface area contributed by atoms with Crippen molar-refractivity contribution < 1.29 is 45.9 Å². The average Bonchev–Trinajstić information content (AvgIpc) is 3.67. The second-order valence-electron chi connectivity index (χ2n) is 11.0. The lowest BCUT2D eigenvalue weighted by Crippen LogP contribution is -2.50. The number of fused-ring (bicyclic) bond motifs is 2. The van der Waals surface area contributed by atoms with Crippen LogP contribution in [0.5, 0.6) is 5.75 Å². The van der Waals surface area contributed by atoms with Gasteiger partial charge < -0.3 is 29.0 Å². The molecule has 3 aliphatic rings. The summed E-state index contributed by atoms with van der Waals surface area (Å²) in [5, 5.41) is 6.69. The number of halogens is 4. The number of para-hydroxylation sites is 2. The third-order valence-electron chi connectivity index (χ3n) is 8.17. The molecule has 2 aliphatic heterocycles. The number of nitrogens with zero attached hydrogens (tertiary/aromatic N) is 2. The number of carbonyl (C=O) groups excluding carboxylic acids is 2. The molecule has 6 rings (SSSR count). The van der Waals surface area contributed by atoms with Gasteiger partial charge in [-0.25, -0.2) is 14.0 Å². The quantitative estimate of drug-likeness (QED) is 0.224. The average molecular weight is 604 g/mol. The minimum atomic E-state index is -4.87. The number of hydrogen-bond donors (Lipinski definition) is 1. The van der Waals surface area contributed by atoms with Crippen LogP contribution in [0.1, 0.15) is 66.1 Å². The fourth-order valence-corrected chi connectivity index (χ4v) is 6.11. The van der Waals surface area contributed by atoms with Gasteiger partial charge in [0.05, 0.1) is 31.1 Å². The van der Waals surface area contributed by atoms with Gasteiger partial charge in [0.2, 0.25) is 0 Å². The highest BCUT2D eigenvalue weighted by molar-refractivity contribution is 6.01. The van der Waals surface area contributed by atoms with E-state index in [1.54, 1.807) is 11.0 Å². The van der Waals surface area contributed by atoms with Gasteiger partial charge in [-0.15, -0.1) is 13.2 Å². The van der Waals surface area contributed by atoms with Crippen LogP contribution in [-0.4, -0.2) is 53.7 Å². The molecule has 1 aliphatic carbocycles. The summed E-state index contributed by atoms with van der Waals surface area (Å²) in [4.78, 5) is 27.1. The van der Waals surface area contributed by atoms with Crippen molar-refractivity contribution in [2.75, 3.05) is 12.4 Å². The first-order valence-electron chi connectivity index (χ1n) is 14.0. The number of piperidine rings is 1. The van der Waals surface area contributed by atoms with Gasteiger partial charge in [-0.3, -0.25) is 0 Å². The molecule has 43 heavy (non-hydrogen) atoms. The first-order valence-corrected chi connectivity index (χ1v) is 14.0. The molecule has 228 valence electrons. The molecule has 2 atom stereocenters. The van der Waals surface area contributed by atoms with E-state index in [4.69, 9.17) is 14.0 Å². The largest absolute Gasteiger partial charge is 0.573 e. The SMILES string of the molecule is COC(=O)c1cccc(F)c1NC(=O)N1C2CCC1CC(OCc1c(-c3ccccc3OC(F)(F)F)noc1C1CC1)C2. The van der Waals surface area contributed by atoms with Crippen LogP contribution in [0.4, 0.5) is 28.0 Å².